The molecule has 3 rings (SSSR count). The fourth-order valence-electron chi connectivity index (χ4n) is 3.65. The maximum Gasteiger partial charge on any atom is 0.243 e. The Morgan fingerprint density at radius 1 is 1.03 bits per heavy atom. The number of carbonyl (C=O) groups is 1. The SMILES string of the molecule is CCN(CC(=O)N1CCN(c2cccc(C)c2C)CC1)S(=O)(=O)c1ccc(Cl)cc1. The number of halogens is 1. The van der Waals surface area contributed by atoms with Crippen LogP contribution in [0.25, 0.3) is 0 Å². The number of piperazine rings is 1. The first-order valence-electron chi connectivity index (χ1n) is 10.1. The highest BCUT2D eigenvalue weighted by molar-refractivity contribution is 7.89. The molecule has 0 aliphatic carbocycles. The monoisotopic (exact) mass is 449 g/mol. The number of hydrogen-bond acceptors (Lipinski definition) is 4. The molecule has 30 heavy (non-hydrogen) atoms. The number of aryl methyl sites for hydroxylation is 1. The number of anilines is 1. The molecule has 0 radical (unpaired) electrons. The maximum absolute atomic E-state index is 12.9. The number of rotatable bonds is 6. The summed E-state index contributed by atoms with van der Waals surface area (Å²) in [5.74, 6) is -0.171. The minimum Gasteiger partial charge on any atom is -0.368 e. The average Bonchev–Trinajstić information content (AvgIpc) is 2.74. The van der Waals surface area contributed by atoms with Crippen molar-refractivity contribution >= 4 is 33.2 Å². The van der Waals surface area contributed by atoms with Gasteiger partial charge in [0, 0.05) is 43.4 Å². The fourth-order valence-corrected chi connectivity index (χ4v) is 5.17. The van der Waals surface area contributed by atoms with E-state index in [9.17, 15) is 13.2 Å². The van der Waals surface area contributed by atoms with Crippen LogP contribution >= 0.6 is 11.6 Å². The van der Waals surface area contributed by atoms with Crippen LogP contribution in [0.2, 0.25) is 5.02 Å². The van der Waals surface area contributed by atoms with Crippen LogP contribution in [0, 0.1) is 13.8 Å². The Bertz CT molecular complexity index is 1000. The summed E-state index contributed by atoms with van der Waals surface area (Å²) in [7, 11) is -3.75. The Labute approximate surface area is 184 Å². The Balaban J connectivity index is 1.64. The molecule has 1 aliphatic heterocycles. The van der Waals surface area contributed by atoms with Gasteiger partial charge in [0.25, 0.3) is 0 Å². The topological polar surface area (TPSA) is 60.9 Å². The van der Waals surface area contributed by atoms with Crippen LogP contribution < -0.4 is 4.90 Å². The first-order valence-corrected chi connectivity index (χ1v) is 11.9. The van der Waals surface area contributed by atoms with E-state index in [0.717, 1.165) is 13.1 Å². The normalized spacial score (nSPS) is 15.0. The van der Waals surface area contributed by atoms with Crippen molar-refractivity contribution in [3.8, 4) is 0 Å². The van der Waals surface area contributed by atoms with Gasteiger partial charge >= 0.3 is 0 Å². The number of sulfonamides is 1. The van der Waals surface area contributed by atoms with Gasteiger partial charge in [-0.1, -0.05) is 30.7 Å². The molecule has 6 nitrogen and oxygen atoms in total. The zero-order chi connectivity index (χ0) is 21.9. The maximum atomic E-state index is 12.9. The van der Waals surface area contributed by atoms with Crippen LogP contribution in [0.3, 0.4) is 0 Å². The first-order chi connectivity index (χ1) is 14.2. The lowest BCUT2D eigenvalue weighted by molar-refractivity contribution is -0.131. The second-order valence-electron chi connectivity index (χ2n) is 7.47. The Morgan fingerprint density at radius 2 is 1.67 bits per heavy atom. The lowest BCUT2D eigenvalue weighted by atomic mass is 10.1. The summed E-state index contributed by atoms with van der Waals surface area (Å²) in [6.07, 6.45) is 0. The molecule has 1 saturated heterocycles. The van der Waals surface area contributed by atoms with Crippen LogP contribution in [-0.2, 0) is 14.8 Å². The van der Waals surface area contributed by atoms with Gasteiger partial charge in [-0.15, -0.1) is 0 Å². The number of hydrogen-bond donors (Lipinski definition) is 0. The lowest BCUT2D eigenvalue weighted by Gasteiger charge is -2.37. The summed E-state index contributed by atoms with van der Waals surface area (Å²) in [4.78, 5) is 17.0. The van der Waals surface area contributed by atoms with Crippen LogP contribution in [0.1, 0.15) is 18.1 Å². The molecule has 1 aliphatic rings. The predicted octanol–water partition coefficient (Wildman–Crippen LogP) is 3.32. The van der Waals surface area contributed by atoms with E-state index in [1.54, 1.807) is 11.8 Å². The van der Waals surface area contributed by atoms with Crippen molar-refractivity contribution in [2.75, 3.05) is 44.2 Å². The van der Waals surface area contributed by atoms with Crippen molar-refractivity contribution < 1.29 is 13.2 Å². The van der Waals surface area contributed by atoms with E-state index in [1.807, 2.05) is 0 Å². The Hall–Kier alpha value is -2.09. The summed E-state index contributed by atoms with van der Waals surface area (Å²) in [5.41, 5.74) is 3.70. The number of benzene rings is 2. The summed E-state index contributed by atoms with van der Waals surface area (Å²) >= 11 is 5.86. The predicted molar refractivity (Wildman–Crippen MR) is 121 cm³/mol. The summed E-state index contributed by atoms with van der Waals surface area (Å²) < 4.78 is 27.0. The van der Waals surface area contributed by atoms with Crippen LogP contribution in [0.15, 0.2) is 47.4 Å². The van der Waals surface area contributed by atoms with Gasteiger partial charge in [0.1, 0.15) is 0 Å². The molecule has 162 valence electrons. The smallest absolute Gasteiger partial charge is 0.243 e. The highest BCUT2D eigenvalue weighted by Gasteiger charge is 2.29. The zero-order valence-corrected chi connectivity index (χ0v) is 19.2. The Morgan fingerprint density at radius 3 is 2.27 bits per heavy atom. The summed E-state index contributed by atoms with van der Waals surface area (Å²) in [6.45, 7) is 8.61. The lowest BCUT2D eigenvalue weighted by Crippen LogP contribution is -2.52. The molecular formula is C22H28ClN3O3S. The molecule has 0 atom stereocenters. The van der Waals surface area contributed by atoms with Crippen LogP contribution in [-0.4, -0.2) is 62.8 Å². The highest BCUT2D eigenvalue weighted by atomic mass is 35.5. The van der Waals surface area contributed by atoms with E-state index in [2.05, 4.69) is 36.9 Å². The van der Waals surface area contributed by atoms with Crippen molar-refractivity contribution in [2.24, 2.45) is 0 Å². The molecule has 0 N–H and O–H groups in total. The molecule has 1 fully saturated rings. The number of amides is 1. The molecule has 0 spiro atoms. The molecule has 1 heterocycles. The molecule has 0 bridgehead atoms. The molecule has 1 amide bonds. The molecule has 0 unspecified atom stereocenters. The van der Waals surface area contributed by atoms with E-state index in [-0.39, 0.29) is 23.9 Å². The van der Waals surface area contributed by atoms with Crippen molar-refractivity contribution in [2.45, 2.75) is 25.7 Å². The quantitative estimate of drug-likeness (QED) is 0.678. The van der Waals surface area contributed by atoms with Gasteiger partial charge in [0.15, 0.2) is 0 Å². The average molecular weight is 450 g/mol. The van der Waals surface area contributed by atoms with E-state index in [4.69, 9.17) is 11.6 Å². The second kappa shape index (κ2) is 9.37. The molecular weight excluding hydrogens is 422 g/mol. The third kappa shape index (κ3) is 4.79. The molecule has 0 saturated carbocycles. The van der Waals surface area contributed by atoms with Crippen molar-refractivity contribution in [3.63, 3.8) is 0 Å². The molecule has 8 heteroatoms. The van der Waals surface area contributed by atoms with Gasteiger partial charge in [-0.25, -0.2) is 8.42 Å². The highest BCUT2D eigenvalue weighted by Crippen LogP contribution is 2.24. The summed E-state index contributed by atoms with van der Waals surface area (Å²) in [6, 6.07) is 12.3. The van der Waals surface area contributed by atoms with Crippen molar-refractivity contribution in [1.82, 2.24) is 9.21 Å². The van der Waals surface area contributed by atoms with E-state index >= 15 is 0 Å². The standard InChI is InChI=1S/C22H28ClN3O3S/c1-4-26(30(28,29)20-10-8-19(23)9-11-20)16-22(27)25-14-12-24(13-15-25)21-7-5-6-17(2)18(21)3/h5-11H,4,12-16H2,1-3H3. The summed E-state index contributed by atoms with van der Waals surface area (Å²) in [5, 5.41) is 0.467. The molecule has 2 aromatic carbocycles. The van der Waals surface area contributed by atoms with E-state index < -0.39 is 10.0 Å². The van der Waals surface area contributed by atoms with Crippen molar-refractivity contribution in [3.05, 3.63) is 58.6 Å². The van der Waals surface area contributed by atoms with Gasteiger partial charge < -0.3 is 9.80 Å². The number of likely N-dealkylation sites (N-methyl/N-ethyl adjacent to an activating group) is 1. The third-order valence-electron chi connectivity index (χ3n) is 5.66. The second-order valence-corrected chi connectivity index (χ2v) is 9.85. The first kappa shape index (κ1) is 22.6. The van der Waals surface area contributed by atoms with Gasteiger partial charge in [-0.3, -0.25) is 4.79 Å². The zero-order valence-electron chi connectivity index (χ0n) is 17.6. The third-order valence-corrected chi connectivity index (χ3v) is 7.85. The molecule has 0 aromatic heterocycles. The van der Waals surface area contributed by atoms with Gasteiger partial charge in [0.2, 0.25) is 15.9 Å². The number of carbonyl (C=O) groups excluding carboxylic acids is 1. The number of nitrogens with zero attached hydrogens (tertiary/aromatic N) is 3. The minimum absolute atomic E-state index is 0.140. The van der Waals surface area contributed by atoms with E-state index in [1.165, 1.54) is 45.4 Å². The van der Waals surface area contributed by atoms with Gasteiger partial charge in [-0.05, 0) is 55.3 Å². The van der Waals surface area contributed by atoms with Crippen LogP contribution in [0.5, 0.6) is 0 Å². The van der Waals surface area contributed by atoms with Gasteiger partial charge in [-0.2, -0.15) is 4.31 Å². The Kier molecular flexibility index (Phi) is 7.06. The van der Waals surface area contributed by atoms with Crippen LogP contribution in [0.4, 0.5) is 5.69 Å². The largest absolute Gasteiger partial charge is 0.368 e. The van der Waals surface area contributed by atoms with Crippen molar-refractivity contribution in [1.29, 1.82) is 0 Å². The van der Waals surface area contributed by atoms with E-state index in [0.29, 0.717) is 18.1 Å². The molecule has 2 aromatic rings. The minimum atomic E-state index is -3.75. The van der Waals surface area contributed by atoms with Gasteiger partial charge in [0.05, 0.1) is 11.4 Å². The fraction of sp³-hybridized carbons (Fsp3) is 0.409.